The maximum atomic E-state index is 13.8. The van der Waals surface area contributed by atoms with E-state index in [0.717, 1.165) is 28.7 Å². The second-order valence-electron chi connectivity index (χ2n) is 8.83. The summed E-state index contributed by atoms with van der Waals surface area (Å²) in [5.41, 5.74) is 5.05. The van der Waals surface area contributed by atoms with Gasteiger partial charge in [0.05, 0.1) is 17.5 Å². The zero-order valence-electron chi connectivity index (χ0n) is 18.2. The molecule has 4 nitrogen and oxygen atoms in total. The number of aromatic nitrogens is 1. The Kier molecular flexibility index (Phi) is 4.66. The van der Waals surface area contributed by atoms with Gasteiger partial charge >= 0.3 is 0 Å². The fraction of sp³-hybridized carbons (Fsp3) is 0.214. The Labute approximate surface area is 197 Å². The maximum Gasteiger partial charge on any atom is 0.243 e. The lowest BCUT2D eigenvalue weighted by Crippen LogP contribution is -2.30. The zero-order valence-corrected chi connectivity index (χ0v) is 19.0. The minimum absolute atomic E-state index is 0.0173. The molecule has 3 aromatic carbocycles. The number of nitrogens with zero attached hydrogens (tertiary/aromatic N) is 2. The van der Waals surface area contributed by atoms with Gasteiger partial charge in [-0.05, 0) is 54.8 Å². The number of aryl methyl sites for hydroxylation is 1. The fourth-order valence-electron chi connectivity index (χ4n) is 5.87. The number of amides is 2. The summed E-state index contributed by atoms with van der Waals surface area (Å²) in [6, 6.07) is 25.5. The van der Waals surface area contributed by atoms with Crippen LogP contribution in [0.3, 0.4) is 0 Å². The van der Waals surface area contributed by atoms with Crippen LogP contribution in [0.4, 0.5) is 5.69 Å². The van der Waals surface area contributed by atoms with Crippen LogP contribution >= 0.6 is 11.6 Å². The molecular weight excluding hydrogens is 432 g/mol. The Morgan fingerprint density at radius 2 is 1.58 bits per heavy atom. The number of hydrogen-bond acceptors (Lipinski definition) is 2. The SMILES string of the molecule is CCn1c2c(c3ccccc31)[C@@H](c1ccc(Cl)cc1)CC1C(=O)N(c3ccccc3)C(=O)C21. The normalized spacial score (nSPS) is 22.0. The van der Waals surface area contributed by atoms with E-state index in [1.54, 1.807) is 0 Å². The molecule has 2 amide bonds. The van der Waals surface area contributed by atoms with Crippen LogP contribution in [-0.4, -0.2) is 16.4 Å². The zero-order chi connectivity index (χ0) is 22.7. The summed E-state index contributed by atoms with van der Waals surface area (Å²) in [5, 5.41) is 1.84. The number of carbonyl (C=O) groups excluding carboxylic acids is 2. The van der Waals surface area contributed by atoms with Crippen molar-refractivity contribution in [1.82, 2.24) is 4.57 Å². The van der Waals surface area contributed by atoms with E-state index >= 15 is 0 Å². The standard InChI is InChI=1S/C28H23ClN2O2/c1-2-30-23-11-7-6-10-20(23)24-21(17-12-14-18(29)15-13-17)16-22-25(26(24)30)28(33)31(27(22)32)19-8-4-3-5-9-19/h3-15,21-22,25H,2,16H2,1H3/t21-,22?,25?/m1/s1. The molecule has 0 radical (unpaired) electrons. The van der Waals surface area contributed by atoms with Crippen LogP contribution in [0.2, 0.25) is 5.02 Å². The lowest BCUT2D eigenvalue weighted by atomic mass is 9.71. The van der Waals surface area contributed by atoms with Gasteiger partial charge in [-0.3, -0.25) is 9.59 Å². The maximum absolute atomic E-state index is 13.8. The molecule has 164 valence electrons. The Bertz CT molecular complexity index is 1390. The monoisotopic (exact) mass is 454 g/mol. The van der Waals surface area contributed by atoms with Gasteiger partial charge in [0.25, 0.3) is 0 Å². The third-order valence-corrected chi connectivity index (χ3v) is 7.47. The van der Waals surface area contributed by atoms with Crippen LogP contribution in [0.15, 0.2) is 78.9 Å². The van der Waals surface area contributed by atoms with Gasteiger partial charge < -0.3 is 4.57 Å². The molecule has 0 saturated carbocycles. The predicted octanol–water partition coefficient (Wildman–Crippen LogP) is 6.12. The van der Waals surface area contributed by atoms with E-state index in [-0.39, 0.29) is 23.7 Å². The van der Waals surface area contributed by atoms with Gasteiger partial charge in [-0.2, -0.15) is 0 Å². The molecule has 2 heterocycles. The summed E-state index contributed by atoms with van der Waals surface area (Å²) in [6.07, 6.45) is 0.602. The number of benzene rings is 3. The molecule has 6 rings (SSSR count). The minimum Gasteiger partial charge on any atom is -0.344 e. The largest absolute Gasteiger partial charge is 0.344 e. The molecule has 5 heteroatoms. The third kappa shape index (κ3) is 2.90. The first-order chi connectivity index (χ1) is 16.1. The second-order valence-corrected chi connectivity index (χ2v) is 9.27. The van der Waals surface area contributed by atoms with Crippen molar-refractivity contribution in [2.45, 2.75) is 31.7 Å². The number of anilines is 1. The number of carbonyl (C=O) groups is 2. The van der Waals surface area contributed by atoms with Crippen molar-refractivity contribution in [3.63, 3.8) is 0 Å². The molecule has 33 heavy (non-hydrogen) atoms. The van der Waals surface area contributed by atoms with Gasteiger partial charge in [-0.1, -0.05) is 60.1 Å². The quantitative estimate of drug-likeness (QED) is 0.350. The summed E-state index contributed by atoms with van der Waals surface area (Å²) < 4.78 is 2.24. The van der Waals surface area contributed by atoms with Crippen molar-refractivity contribution < 1.29 is 9.59 Å². The van der Waals surface area contributed by atoms with Crippen molar-refractivity contribution in [3.8, 4) is 0 Å². The summed E-state index contributed by atoms with van der Waals surface area (Å²) in [6.45, 7) is 2.84. The average Bonchev–Trinajstić information content (AvgIpc) is 3.31. The van der Waals surface area contributed by atoms with Crippen molar-refractivity contribution in [3.05, 3.63) is 101 Å². The van der Waals surface area contributed by atoms with Crippen molar-refractivity contribution in [1.29, 1.82) is 0 Å². The molecule has 1 aliphatic carbocycles. The van der Waals surface area contributed by atoms with E-state index in [1.807, 2.05) is 66.7 Å². The molecule has 0 spiro atoms. The first-order valence-corrected chi connectivity index (χ1v) is 11.8. The van der Waals surface area contributed by atoms with Gasteiger partial charge in [0.1, 0.15) is 0 Å². The molecule has 2 unspecified atom stereocenters. The second kappa shape index (κ2) is 7.60. The summed E-state index contributed by atoms with van der Waals surface area (Å²) in [5.74, 6) is -1.06. The van der Waals surface area contributed by atoms with Crippen LogP contribution in [0.1, 0.15) is 42.0 Å². The Hall–Kier alpha value is -3.37. The summed E-state index contributed by atoms with van der Waals surface area (Å²) >= 11 is 6.18. The lowest BCUT2D eigenvalue weighted by molar-refractivity contribution is -0.122. The molecule has 1 fully saturated rings. The average molecular weight is 455 g/mol. The van der Waals surface area contributed by atoms with Crippen LogP contribution in [0.5, 0.6) is 0 Å². The lowest BCUT2D eigenvalue weighted by Gasteiger charge is -2.31. The number of para-hydroxylation sites is 2. The van der Waals surface area contributed by atoms with Gasteiger partial charge in [0.2, 0.25) is 11.8 Å². The van der Waals surface area contributed by atoms with Crippen LogP contribution in [0.25, 0.3) is 10.9 Å². The number of hydrogen-bond donors (Lipinski definition) is 0. The van der Waals surface area contributed by atoms with E-state index in [2.05, 4.69) is 23.6 Å². The molecule has 2 aliphatic rings. The number of imide groups is 1. The van der Waals surface area contributed by atoms with Gasteiger partial charge in [0, 0.05) is 34.1 Å². The highest BCUT2D eigenvalue weighted by atomic mass is 35.5. The smallest absolute Gasteiger partial charge is 0.243 e. The highest BCUT2D eigenvalue weighted by Gasteiger charge is 2.54. The van der Waals surface area contributed by atoms with Crippen molar-refractivity contribution in [2.75, 3.05) is 4.90 Å². The van der Waals surface area contributed by atoms with E-state index in [9.17, 15) is 9.59 Å². The Morgan fingerprint density at radius 3 is 2.30 bits per heavy atom. The summed E-state index contributed by atoms with van der Waals surface area (Å²) in [4.78, 5) is 28.9. The van der Waals surface area contributed by atoms with E-state index < -0.39 is 5.92 Å². The van der Waals surface area contributed by atoms with Crippen molar-refractivity contribution >= 4 is 40.0 Å². The highest BCUT2D eigenvalue weighted by Crippen LogP contribution is 2.53. The van der Waals surface area contributed by atoms with Crippen molar-refractivity contribution in [2.24, 2.45) is 5.92 Å². The predicted molar refractivity (Wildman–Crippen MR) is 131 cm³/mol. The fourth-order valence-corrected chi connectivity index (χ4v) is 5.99. The topological polar surface area (TPSA) is 42.3 Å². The van der Waals surface area contributed by atoms with E-state index in [4.69, 9.17) is 11.6 Å². The number of rotatable bonds is 3. The Balaban J connectivity index is 1.61. The molecule has 0 N–H and O–H groups in total. The van der Waals surface area contributed by atoms with Gasteiger partial charge in [0.15, 0.2) is 0 Å². The molecule has 4 aromatic rings. The summed E-state index contributed by atoms with van der Waals surface area (Å²) in [7, 11) is 0. The first kappa shape index (κ1) is 20.3. The van der Waals surface area contributed by atoms with Crippen LogP contribution in [-0.2, 0) is 16.1 Å². The minimum atomic E-state index is -0.469. The molecule has 0 bridgehead atoms. The number of halogens is 1. The van der Waals surface area contributed by atoms with Gasteiger partial charge in [-0.15, -0.1) is 0 Å². The Morgan fingerprint density at radius 1 is 0.879 bits per heavy atom. The van der Waals surface area contributed by atoms with Gasteiger partial charge in [-0.25, -0.2) is 4.90 Å². The molecule has 3 atom stereocenters. The highest BCUT2D eigenvalue weighted by molar-refractivity contribution is 6.30. The third-order valence-electron chi connectivity index (χ3n) is 7.21. The van der Waals surface area contributed by atoms with Crippen LogP contribution < -0.4 is 4.90 Å². The molecular formula is C28H23ClN2O2. The van der Waals surface area contributed by atoms with E-state index in [1.165, 1.54) is 10.5 Å². The van der Waals surface area contributed by atoms with Crippen LogP contribution in [0, 0.1) is 5.92 Å². The first-order valence-electron chi connectivity index (χ1n) is 11.4. The molecule has 1 aliphatic heterocycles. The molecule has 1 aromatic heterocycles. The molecule has 1 saturated heterocycles. The van der Waals surface area contributed by atoms with E-state index in [0.29, 0.717) is 17.1 Å². The number of fused-ring (bicyclic) bond motifs is 5.